The Balaban J connectivity index is 2.31. The summed E-state index contributed by atoms with van der Waals surface area (Å²) in [6, 6.07) is 3.82. The van der Waals surface area contributed by atoms with Gasteiger partial charge in [-0.1, -0.05) is 0 Å². The Bertz CT molecular complexity index is 414. The van der Waals surface area contributed by atoms with Crippen LogP contribution in [0.5, 0.6) is 11.5 Å². The SMILES string of the molecule is COc1cc(C)c(C(N)C2CCCO2)cc1OC. The molecule has 4 heteroatoms. The fourth-order valence-corrected chi connectivity index (χ4v) is 2.44. The molecule has 0 radical (unpaired) electrons. The maximum atomic E-state index is 6.29. The quantitative estimate of drug-likeness (QED) is 0.891. The number of rotatable bonds is 4. The molecule has 2 atom stereocenters. The van der Waals surface area contributed by atoms with E-state index in [0.29, 0.717) is 5.75 Å². The molecule has 1 saturated heterocycles. The van der Waals surface area contributed by atoms with Gasteiger partial charge in [0, 0.05) is 6.61 Å². The largest absolute Gasteiger partial charge is 0.493 e. The molecule has 1 heterocycles. The lowest BCUT2D eigenvalue weighted by Gasteiger charge is -2.22. The van der Waals surface area contributed by atoms with Gasteiger partial charge in [0.15, 0.2) is 11.5 Å². The summed E-state index contributed by atoms with van der Waals surface area (Å²) in [5, 5.41) is 0. The molecule has 2 rings (SSSR count). The van der Waals surface area contributed by atoms with Crippen molar-refractivity contribution in [1.29, 1.82) is 0 Å². The Morgan fingerprint density at radius 1 is 1.28 bits per heavy atom. The zero-order valence-corrected chi connectivity index (χ0v) is 11.2. The van der Waals surface area contributed by atoms with Gasteiger partial charge < -0.3 is 19.9 Å². The lowest BCUT2D eigenvalue weighted by Crippen LogP contribution is -2.26. The van der Waals surface area contributed by atoms with Gasteiger partial charge >= 0.3 is 0 Å². The molecule has 0 aromatic heterocycles. The van der Waals surface area contributed by atoms with Gasteiger partial charge in [-0.2, -0.15) is 0 Å². The second kappa shape index (κ2) is 5.59. The van der Waals surface area contributed by atoms with Gasteiger partial charge in [0.25, 0.3) is 0 Å². The molecule has 0 bridgehead atoms. The van der Waals surface area contributed by atoms with Crippen LogP contribution in [-0.2, 0) is 4.74 Å². The van der Waals surface area contributed by atoms with Crippen LogP contribution in [0.1, 0.15) is 30.0 Å². The summed E-state index contributed by atoms with van der Waals surface area (Å²) in [4.78, 5) is 0. The Hall–Kier alpha value is -1.26. The van der Waals surface area contributed by atoms with Crippen molar-refractivity contribution in [2.24, 2.45) is 5.73 Å². The number of hydrogen-bond donors (Lipinski definition) is 1. The fraction of sp³-hybridized carbons (Fsp3) is 0.571. The van der Waals surface area contributed by atoms with Crippen molar-refractivity contribution in [3.63, 3.8) is 0 Å². The smallest absolute Gasteiger partial charge is 0.161 e. The number of methoxy groups -OCH3 is 2. The first-order valence-corrected chi connectivity index (χ1v) is 6.27. The topological polar surface area (TPSA) is 53.7 Å². The predicted molar refractivity (Wildman–Crippen MR) is 70.2 cm³/mol. The van der Waals surface area contributed by atoms with Crippen LogP contribution in [0.2, 0.25) is 0 Å². The Morgan fingerprint density at radius 2 is 1.94 bits per heavy atom. The summed E-state index contributed by atoms with van der Waals surface area (Å²) in [5.74, 6) is 1.45. The zero-order valence-electron chi connectivity index (χ0n) is 11.2. The highest BCUT2D eigenvalue weighted by Crippen LogP contribution is 2.35. The minimum atomic E-state index is -0.104. The van der Waals surface area contributed by atoms with Gasteiger partial charge in [0.05, 0.1) is 26.4 Å². The minimum Gasteiger partial charge on any atom is -0.493 e. The van der Waals surface area contributed by atoms with Crippen LogP contribution in [0.25, 0.3) is 0 Å². The lowest BCUT2D eigenvalue weighted by molar-refractivity contribution is 0.0898. The van der Waals surface area contributed by atoms with Crippen molar-refractivity contribution in [2.75, 3.05) is 20.8 Å². The maximum absolute atomic E-state index is 6.29. The van der Waals surface area contributed by atoms with Gasteiger partial charge in [-0.05, 0) is 43.0 Å². The number of benzene rings is 1. The average molecular weight is 251 g/mol. The molecule has 1 aromatic rings. The standard InChI is InChI=1S/C14H21NO3/c1-9-7-12(16-2)13(17-3)8-10(9)14(15)11-5-4-6-18-11/h7-8,11,14H,4-6,15H2,1-3H3. The Labute approximate surface area is 108 Å². The van der Waals surface area contributed by atoms with E-state index in [1.54, 1.807) is 14.2 Å². The van der Waals surface area contributed by atoms with E-state index >= 15 is 0 Å². The van der Waals surface area contributed by atoms with Crippen molar-refractivity contribution in [3.05, 3.63) is 23.3 Å². The van der Waals surface area contributed by atoms with Gasteiger partial charge in [-0.25, -0.2) is 0 Å². The van der Waals surface area contributed by atoms with Crippen LogP contribution in [-0.4, -0.2) is 26.9 Å². The van der Waals surface area contributed by atoms with E-state index < -0.39 is 0 Å². The van der Waals surface area contributed by atoms with Crippen LogP contribution in [0.4, 0.5) is 0 Å². The summed E-state index contributed by atoms with van der Waals surface area (Å²) in [6.45, 7) is 2.84. The molecular weight excluding hydrogens is 230 g/mol. The molecule has 1 aromatic carbocycles. The second-order valence-corrected chi connectivity index (χ2v) is 4.64. The van der Waals surface area contributed by atoms with E-state index in [2.05, 4.69) is 0 Å². The molecular formula is C14H21NO3. The highest BCUT2D eigenvalue weighted by Gasteiger charge is 2.26. The van der Waals surface area contributed by atoms with E-state index in [1.165, 1.54) is 0 Å². The van der Waals surface area contributed by atoms with Crippen molar-refractivity contribution in [3.8, 4) is 11.5 Å². The average Bonchev–Trinajstić information content (AvgIpc) is 2.91. The van der Waals surface area contributed by atoms with Crippen molar-refractivity contribution >= 4 is 0 Å². The van der Waals surface area contributed by atoms with Gasteiger partial charge in [-0.3, -0.25) is 0 Å². The van der Waals surface area contributed by atoms with Crippen LogP contribution < -0.4 is 15.2 Å². The van der Waals surface area contributed by atoms with Crippen LogP contribution in [0.3, 0.4) is 0 Å². The fourth-order valence-electron chi connectivity index (χ4n) is 2.44. The molecule has 2 unspecified atom stereocenters. The molecule has 1 fully saturated rings. The van der Waals surface area contributed by atoms with Gasteiger partial charge in [-0.15, -0.1) is 0 Å². The van der Waals surface area contributed by atoms with Crippen molar-refractivity contribution in [2.45, 2.75) is 31.9 Å². The summed E-state index contributed by atoms with van der Waals surface area (Å²) in [7, 11) is 3.27. The van der Waals surface area contributed by atoms with Crippen molar-refractivity contribution in [1.82, 2.24) is 0 Å². The molecule has 0 amide bonds. The number of nitrogens with two attached hydrogens (primary N) is 1. The minimum absolute atomic E-state index is 0.104. The first kappa shape index (κ1) is 13.2. The first-order chi connectivity index (χ1) is 8.67. The zero-order chi connectivity index (χ0) is 13.1. The highest BCUT2D eigenvalue weighted by atomic mass is 16.5. The second-order valence-electron chi connectivity index (χ2n) is 4.64. The van der Waals surface area contributed by atoms with E-state index in [0.717, 1.165) is 36.3 Å². The Kier molecular flexibility index (Phi) is 4.09. The molecule has 0 spiro atoms. The molecule has 1 aliphatic heterocycles. The van der Waals surface area contributed by atoms with Crippen LogP contribution in [0.15, 0.2) is 12.1 Å². The molecule has 100 valence electrons. The lowest BCUT2D eigenvalue weighted by atomic mass is 9.95. The maximum Gasteiger partial charge on any atom is 0.161 e. The monoisotopic (exact) mass is 251 g/mol. The summed E-state index contributed by atoms with van der Waals surface area (Å²) < 4.78 is 16.3. The molecule has 0 saturated carbocycles. The highest BCUT2D eigenvalue weighted by molar-refractivity contribution is 5.48. The van der Waals surface area contributed by atoms with Crippen LogP contribution in [0, 0.1) is 6.92 Å². The summed E-state index contributed by atoms with van der Waals surface area (Å²) in [6.07, 6.45) is 2.22. The third-order valence-corrected chi connectivity index (χ3v) is 3.50. The third kappa shape index (κ3) is 2.44. The van der Waals surface area contributed by atoms with E-state index in [-0.39, 0.29) is 12.1 Å². The third-order valence-electron chi connectivity index (χ3n) is 3.50. The normalized spacial score (nSPS) is 20.8. The molecule has 4 nitrogen and oxygen atoms in total. The van der Waals surface area contributed by atoms with Gasteiger partial charge in [0.1, 0.15) is 0 Å². The number of ether oxygens (including phenoxy) is 3. The van der Waals surface area contributed by atoms with Crippen molar-refractivity contribution < 1.29 is 14.2 Å². The van der Waals surface area contributed by atoms with Gasteiger partial charge in [0.2, 0.25) is 0 Å². The summed E-state index contributed by atoms with van der Waals surface area (Å²) >= 11 is 0. The molecule has 0 aliphatic carbocycles. The van der Waals surface area contributed by atoms with E-state index in [9.17, 15) is 0 Å². The van der Waals surface area contributed by atoms with E-state index in [4.69, 9.17) is 19.9 Å². The first-order valence-electron chi connectivity index (χ1n) is 6.27. The van der Waals surface area contributed by atoms with E-state index in [1.807, 2.05) is 19.1 Å². The predicted octanol–water partition coefficient (Wildman–Crippen LogP) is 2.19. The summed E-state index contributed by atoms with van der Waals surface area (Å²) in [5.41, 5.74) is 8.47. The van der Waals surface area contributed by atoms with Crippen LogP contribution >= 0.6 is 0 Å². The Morgan fingerprint density at radius 3 is 2.50 bits per heavy atom. The molecule has 18 heavy (non-hydrogen) atoms. The molecule has 2 N–H and O–H groups in total. The number of aryl methyl sites for hydroxylation is 1. The molecule has 1 aliphatic rings. The number of hydrogen-bond acceptors (Lipinski definition) is 4.